The third kappa shape index (κ3) is 5.40. The number of anilines is 4. The predicted molar refractivity (Wildman–Crippen MR) is 160 cm³/mol. The molecule has 2 aromatic carbocycles. The molecule has 38 heavy (non-hydrogen) atoms. The number of halogens is 2. The Morgan fingerprint density at radius 2 is 1.05 bits per heavy atom. The first-order chi connectivity index (χ1) is 18.3. The van der Waals surface area contributed by atoms with Crippen LogP contribution in [0.4, 0.5) is 21.4 Å². The molecule has 6 rings (SSSR count). The van der Waals surface area contributed by atoms with Gasteiger partial charge in [0.2, 0.25) is 0 Å². The van der Waals surface area contributed by atoms with E-state index < -0.39 is 0 Å². The second-order valence-corrected chi connectivity index (χ2v) is 12.1. The molecule has 0 spiro atoms. The number of nitrogens with two attached hydrogens (primary N) is 2. The minimum absolute atomic E-state index is 0.162. The second-order valence-electron chi connectivity index (χ2n) is 9.06. The number of hydrogen-bond acceptors (Lipinski definition) is 6. The number of para-hydroxylation sites is 2. The lowest BCUT2D eigenvalue weighted by Gasteiger charge is -2.08. The number of nitrogen functional groups attached to an aromatic ring is 2. The summed E-state index contributed by atoms with van der Waals surface area (Å²) in [5.74, 6) is -0.324. The normalized spacial score (nSPS) is 13.3. The van der Waals surface area contributed by atoms with Gasteiger partial charge in [-0.2, -0.15) is 0 Å². The molecule has 0 bridgehead atoms. The number of nitrogens with one attached hydrogen (secondary N) is 2. The molecule has 4 aromatic rings. The summed E-state index contributed by atoms with van der Waals surface area (Å²) >= 11 is 15.1. The summed E-state index contributed by atoms with van der Waals surface area (Å²) in [6, 6.07) is 14.4. The molecule has 6 N–H and O–H groups in total. The number of benzene rings is 2. The summed E-state index contributed by atoms with van der Waals surface area (Å²) in [7, 11) is 0. The molecule has 0 fully saturated rings. The number of rotatable bonds is 4. The summed E-state index contributed by atoms with van der Waals surface area (Å²) < 4.78 is 0. The van der Waals surface area contributed by atoms with Crippen LogP contribution in [0, 0.1) is 0 Å². The van der Waals surface area contributed by atoms with Crippen LogP contribution in [0.1, 0.15) is 54.4 Å². The van der Waals surface area contributed by atoms with E-state index in [1.807, 2.05) is 24.3 Å². The van der Waals surface area contributed by atoms with Crippen LogP contribution in [0.25, 0.3) is 0 Å². The van der Waals surface area contributed by atoms with E-state index in [1.54, 1.807) is 24.3 Å². The molecule has 0 unspecified atom stereocenters. The maximum absolute atomic E-state index is 12.4. The number of carbonyl (C=O) groups is 2. The lowest BCUT2D eigenvalue weighted by Crippen LogP contribution is -2.14. The van der Waals surface area contributed by atoms with Crippen molar-refractivity contribution in [3.8, 4) is 0 Å². The summed E-state index contributed by atoms with van der Waals surface area (Å²) in [6.07, 6.45) is 6.15. The van der Waals surface area contributed by atoms with Crippen LogP contribution in [0.5, 0.6) is 0 Å². The van der Waals surface area contributed by atoms with Gasteiger partial charge in [0.15, 0.2) is 0 Å². The maximum Gasteiger partial charge on any atom is 0.258 e. The number of hydrogen-bond donors (Lipinski definition) is 4. The van der Waals surface area contributed by atoms with Crippen LogP contribution in [-0.2, 0) is 25.7 Å². The Morgan fingerprint density at radius 3 is 1.45 bits per heavy atom. The van der Waals surface area contributed by atoms with Crippen LogP contribution >= 0.6 is 45.9 Å². The van der Waals surface area contributed by atoms with Gasteiger partial charge in [0, 0.05) is 9.75 Å². The molecule has 2 amide bonds. The Morgan fingerprint density at radius 1 is 0.658 bits per heavy atom. The third-order valence-electron chi connectivity index (χ3n) is 6.60. The fourth-order valence-electron chi connectivity index (χ4n) is 4.84. The maximum atomic E-state index is 12.4. The van der Waals surface area contributed by atoms with Gasteiger partial charge in [-0.05, 0) is 73.9 Å². The lowest BCUT2D eigenvalue weighted by atomic mass is 10.1. The summed E-state index contributed by atoms with van der Waals surface area (Å²) in [4.78, 5) is 27.2. The molecule has 0 radical (unpaired) electrons. The standard InChI is InChI=1S/2C14H13ClN2OS/c2*15-9-5-1-2-6-10(9)17-14(18)12-8-4-3-7-11(8)19-13(12)16/h2*1-2,5-6H,3-4,7,16H2,(H,17,18). The SMILES string of the molecule is Nc1sc2c(c1C(=O)Nc1ccccc1Cl)CCC2.Nc1sc2c(c1C(=O)Nc1ccccc1Cl)CCC2. The molecule has 2 aliphatic rings. The molecule has 6 nitrogen and oxygen atoms in total. The monoisotopic (exact) mass is 584 g/mol. The quantitative estimate of drug-likeness (QED) is 0.199. The molecule has 2 heterocycles. The molecule has 0 aliphatic heterocycles. The van der Waals surface area contributed by atoms with Gasteiger partial charge >= 0.3 is 0 Å². The predicted octanol–water partition coefficient (Wildman–Crippen LogP) is 7.45. The highest BCUT2D eigenvalue weighted by Gasteiger charge is 2.26. The van der Waals surface area contributed by atoms with Gasteiger partial charge in [0.25, 0.3) is 11.8 Å². The molecule has 10 heteroatoms. The molecular formula is C28H26Cl2N4O2S2. The van der Waals surface area contributed by atoms with Crippen LogP contribution in [0.15, 0.2) is 48.5 Å². The average molecular weight is 586 g/mol. The van der Waals surface area contributed by atoms with E-state index >= 15 is 0 Å². The minimum atomic E-state index is -0.162. The Kier molecular flexibility index (Phi) is 7.95. The topological polar surface area (TPSA) is 110 Å². The first-order valence-electron chi connectivity index (χ1n) is 12.2. The van der Waals surface area contributed by atoms with Crippen molar-refractivity contribution in [1.29, 1.82) is 0 Å². The molecule has 2 aliphatic carbocycles. The van der Waals surface area contributed by atoms with Gasteiger partial charge < -0.3 is 22.1 Å². The zero-order chi connectivity index (χ0) is 26.8. The highest BCUT2D eigenvalue weighted by atomic mass is 35.5. The van der Waals surface area contributed by atoms with Crippen LogP contribution in [-0.4, -0.2) is 11.8 Å². The van der Waals surface area contributed by atoms with Crippen molar-refractivity contribution >= 4 is 79.1 Å². The Hall–Kier alpha value is -3.04. The van der Waals surface area contributed by atoms with Gasteiger partial charge in [0.05, 0.1) is 42.5 Å². The highest BCUT2D eigenvalue weighted by Crippen LogP contribution is 2.39. The molecule has 2 aromatic heterocycles. The molecule has 0 saturated heterocycles. The number of amides is 2. The zero-order valence-corrected chi connectivity index (χ0v) is 23.5. The lowest BCUT2D eigenvalue weighted by molar-refractivity contribution is 0.101. The summed E-state index contributed by atoms with van der Waals surface area (Å²) in [5, 5.41) is 7.95. The second kappa shape index (κ2) is 11.4. The summed E-state index contributed by atoms with van der Waals surface area (Å²) in [6.45, 7) is 0. The van der Waals surface area contributed by atoms with Crippen molar-refractivity contribution in [1.82, 2.24) is 0 Å². The molecule has 0 atom stereocenters. The van der Waals surface area contributed by atoms with Crippen molar-refractivity contribution in [3.05, 3.63) is 90.6 Å². The van der Waals surface area contributed by atoms with Crippen molar-refractivity contribution in [2.45, 2.75) is 38.5 Å². The largest absolute Gasteiger partial charge is 0.390 e. The third-order valence-corrected chi connectivity index (χ3v) is 9.50. The van der Waals surface area contributed by atoms with E-state index in [0.717, 1.165) is 49.7 Å². The van der Waals surface area contributed by atoms with Crippen LogP contribution in [0.3, 0.4) is 0 Å². The number of thiophene rings is 2. The minimum Gasteiger partial charge on any atom is -0.390 e. The van der Waals surface area contributed by atoms with Gasteiger partial charge in [-0.25, -0.2) is 0 Å². The van der Waals surface area contributed by atoms with E-state index in [2.05, 4.69) is 10.6 Å². The van der Waals surface area contributed by atoms with Gasteiger partial charge in [-0.1, -0.05) is 47.5 Å². The van der Waals surface area contributed by atoms with E-state index in [4.69, 9.17) is 34.7 Å². The molecule has 0 saturated carbocycles. The smallest absolute Gasteiger partial charge is 0.258 e. The molecule has 196 valence electrons. The first kappa shape index (κ1) is 26.6. The van der Waals surface area contributed by atoms with Crippen molar-refractivity contribution in [2.75, 3.05) is 22.1 Å². The van der Waals surface area contributed by atoms with Crippen molar-refractivity contribution < 1.29 is 9.59 Å². The van der Waals surface area contributed by atoms with Crippen molar-refractivity contribution in [2.24, 2.45) is 0 Å². The van der Waals surface area contributed by atoms with E-state index in [-0.39, 0.29) is 11.8 Å². The van der Waals surface area contributed by atoms with Gasteiger partial charge in [0.1, 0.15) is 0 Å². The molecular weight excluding hydrogens is 559 g/mol. The number of aryl methyl sites for hydroxylation is 2. The average Bonchev–Trinajstić information content (AvgIpc) is 3.64. The number of fused-ring (bicyclic) bond motifs is 2. The fraction of sp³-hybridized carbons (Fsp3) is 0.214. The first-order valence-corrected chi connectivity index (χ1v) is 14.6. The zero-order valence-electron chi connectivity index (χ0n) is 20.4. The Balaban J connectivity index is 0.000000155. The Bertz CT molecular complexity index is 1420. The highest BCUT2D eigenvalue weighted by molar-refractivity contribution is 7.17. The van der Waals surface area contributed by atoms with Gasteiger partial charge in [-0.3, -0.25) is 9.59 Å². The summed E-state index contributed by atoms with van der Waals surface area (Å²) in [5.41, 5.74) is 16.7. The van der Waals surface area contributed by atoms with Crippen LogP contribution in [0.2, 0.25) is 10.0 Å². The van der Waals surface area contributed by atoms with Crippen LogP contribution < -0.4 is 22.1 Å². The van der Waals surface area contributed by atoms with E-state index in [0.29, 0.717) is 42.5 Å². The number of carbonyl (C=O) groups excluding carboxylic acids is 2. The van der Waals surface area contributed by atoms with E-state index in [1.165, 1.54) is 32.4 Å². The Labute approximate surface area is 239 Å². The van der Waals surface area contributed by atoms with Crippen molar-refractivity contribution in [3.63, 3.8) is 0 Å². The van der Waals surface area contributed by atoms with E-state index in [9.17, 15) is 9.59 Å². The fourth-order valence-corrected chi connectivity index (χ4v) is 7.52. The van der Waals surface area contributed by atoms with Gasteiger partial charge in [-0.15, -0.1) is 22.7 Å².